The van der Waals surface area contributed by atoms with E-state index in [1.807, 2.05) is 25.1 Å². The Balaban J connectivity index is 1.98. The number of hydrogen-bond acceptors (Lipinski definition) is 4. The number of rotatable bonds is 2. The van der Waals surface area contributed by atoms with E-state index in [1.54, 1.807) is 18.3 Å². The van der Waals surface area contributed by atoms with E-state index in [9.17, 15) is 4.79 Å². The van der Waals surface area contributed by atoms with Crippen molar-refractivity contribution in [3.63, 3.8) is 0 Å². The van der Waals surface area contributed by atoms with Crippen molar-refractivity contribution in [3.05, 3.63) is 50.8 Å². The molecule has 0 bridgehead atoms. The van der Waals surface area contributed by atoms with Gasteiger partial charge in [0.2, 0.25) is 0 Å². The number of aryl methyl sites for hydroxylation is 1. The first-order valence-electron chi connectivity index (χ1n) is 6.27. The Morgan fingerprint density at radius 2 is 2.19 bits per heavy atom. The van der Waals surface area contributed by atoms with Crippen molar-refractivity contribution < 1.29 is 4.79 Å². The van der Waals surface area contributed by atoms with Gasteiger partial charge in [-0.2, -0.15) is 0 Å². The summed E-state index contributed by atoms with van der Waals surface area (Å²) in [7, 11) is 0. The monoisotopic (exact) mass is 361 g/mol. The summed E-state index contributed by atoms with van der Waals surface area (Å²) < 4.78 is 0.969. The highest BCUT2D eigenvalue weighted by atomic mass is 79.9. The highest BCUT2D eigenvalue weighted by Gasteiger charge is 2.13. The molecule has 106 valence electrons. The highest BCUT2D eigenvalue weighted by Crippen LogP contribution is 2.30. The lowest BCUT2D eigenvalue weighted by Gasteiger charge is -2.09. The molecule has 0 aliphatic rings. The van der Waals surface area contributed by atoms with Crippen molar-refractivity contribution in [1.29, 1.82) is 0 Å². The Labute approximate surface area is 134 Å². The fourth-order valence-electron chi connectivity index (χ4n) is 2.06. The molecule has 0 saturated heterocycles. The number of anilines is 2. The third-order valence-corrected chi connectivity index (χ3v) is 5.27. The fraction of sp³-hybridized carbons (Fsp3) is 0.0667. The van der Waals surface area contributed by atoms with Crippen LogP contribution in [0.5, 0.6) is 0 Å². The van der Waals surface area contributed by atoms with Crippen LogP contribution < -0.4 is 11.1 Å². The number of carbonyl (C=O) groups is 1. The van der Waals surface area contributed by atoms with Gasteiger partial charge in [0.15, 0.2) is 0 Å². The van der Waals surface area contributed by atoms with Crippen LogP contribution in [-0.2, 0) is 0 Å². The zero-order chi connectivity index (χ0) is 15.0. The lowest BCUT2D eigenvalue weighted by atomic mass is 10.1. The van der Waals surface area contributed by atoms with E-state index in [1.165, 1.54) is 11.3 Å². The Hall–Kier alpha value is -1.92. The maximum Gasteiger partial charge on any atom is 0.265 e. The van der Waals surface area contributed by atoms with Gasteiger partial charge in [-0.1, -0.05) is 0 Å². The molecule has 1 amide bonds. The van der Waals surface area contributed by atoms with Gasteiger partial charge in [-0.05, 0) is 58.7 Å². The van der Waals surface area contributed by atoms with Crippen LogP contribution in [0.25, 0.3) is 10.9 Å². The molecule has 0 radical (unpaired) electrons. The summed E-state index contributed by atoms with van der Waals surface area (Å²) in [6, 6.07) is 9.13. The fourth-order valence-corrected chi connectivity index (χ4v) is 3.49. The van der Waals surface area contributed by atoms with Gasteiger partial charge in [0, 0.05) is 11.6 Å². The number of nitrogens with two attached hydrogens (primary N) is 1. The number of fused-ring (bicyclic) bond motifs is 1. The summed E-state index contributed by atoms with van der Waals surface area (Å²) in [5.41, 5.74) is 8.96. The summed E-state index contributed by atoms with van der Waals surface area (Å²) in [5, 5.41) is 3.76. The number of nitrogen functional groups attached to an aromatic ring is 1. The topological polar surface area (TPSA) is 68.0 Å². The molecule has 3 N–H and O–H groups in total. The van der Waals surface area contributed by atoms with Crippen molar-refractivity contribution in [1.82, 2.24) is 4.98 Å². The first kappa shape index (κ1) is 14.0. The average Bonchev–Trinajstić information content (AvgIpc) is 2.82. The van der Waals surface area contributed by atoms with Crippen LogP contribution >= 0.6 is 27.3 Å². The number of pyridine rings is 1. The van der Waals surface area contributed by atoms with Gasteiger partial charge in [0.25, 0.3) is 5.91 Å². The highest BCUT2D eigenvalue weighted by molar-refractivity contribution is 9.11. The van der Waals surface area contributed by atoms with Crippen molar-refractivity contribution in [2.75, 3.05) is 11.1 Å². The van der Waals surface area contributed by atoms with Gasteiger partial charge in [-0.25, -0.2) is 0 Å². The molecule has 21 heavy (non-hydrogen) atoms. The quantitative estimate of drug-likeness (QED) is 0.672. The van der Waals surface area contributed by atoms with Gasteiger partial charge < -0.3 is 11.1 Å². The molecule has 1 aromatic carbocycles. The van der Waals surface area contributed by atoms with E-state index in [0.29, 0.717) is 21.8 Å². The molecule has 3 rings (SSSR count). The summed E-state index contributed by atoms with van der Waals surface area (Å²) in [4.78, 5) is 17.3. The Kier molecular flexibility index (Phi) is 3.65. The second-order valence-electron chi connectivity index (χ2n) is 4.62. The molecule has 4 nitrogen and oxygen atoms in total. The van der Waals surface area contributed by atoms with Gasteiger partial charge in [-0.3, -0.25) is 9.78 Å². The van der Waals surface area contributed by atoms with Crippen molar-refractivity contribution in [2.24, 2.45) is 0 Å². The zero-order valence-corrected chi connectivity index (χ0v) is 13.6. The zero-order valence-electron chi connectivity index (χ0n) is 11.2. The molecule has 0 aliphatic carbocycles. The van der Waals surface area contributed by atoms with Gasteiger partial charge in [0.05, 0.1) is 25.6 Å². The third-order valence-electron chi connectivity index (χ3n) is 3.13. The van der Waals surface area contributed by atoms with Gasteiger partial charge >= 0.3 is 0 Å². The summed E-state index contributed by atoms with van der Waals surface area (Å²) >= 11 is 4.85. The molecule has 0 spiro atoms. The molecule has 2 heterocycles. The Morgan fingerprint density at radius 3 is 2.90 bits per heavy atom. The number of thiophene rings is 1. The minimum absolute atomic E-state index is 0.135. The second-order valence-corrected chi connectivity index (χ2v) is 6.99. The number of aromatic nitrogens is 1. The predicted octanol–water partition coefficient (Wildman–Crippen LogP) is 4.20. The number of amides is 1. The molecule has 0 fully saturated rings. The normalized spacial score (nSPS) is 10.8. The summed E-state index contributed by atoms with van der Waals surface area (Å²) in [5.74, 6) is -0.135. The van der Waals surface area contributed by atoms with E-state index in [2.05, 4.69) is 26.2 Å². The first-order chi connectivity index (χ1) is 10.1. The van der Waals surface area contributed by atoms with E-state index >= 15 is 0 Å². The standard InChI is InChI=1S/C15H12BrN3OS/c1-8-7-12(21-14(8)16)15(20)19-11-5-4-10(17)13-9(11)3-2-6-18-13/h2-7H,17H2,1H3,(H,19,20). The Bertz CT molecular complexity index is 825. The predicted molar refractivity (Wildman–Crippen MR) is 90.9 cm³/mol. The van der Waals surface area contributed by atoms with E-state index < -0.39 is 0 Å². The molecule has 0 atom stereocenters. The first-order valence-corrected chi connectivity index (χ1v) is 7.87. The van der Waals surface area contributed by atoms with Gasteiger partial charge in [-0.15, -0.1) is 11.3 Å². The lowest BCUT2D eigenvalue weighted by Crippen LogP contribution is -2.10. The maximum atomic E-state index is 12.3. The van der Waals surface area contributed by atoms with Crippen LogP contribution in [0.1, 0.15) is 15.2 Å². The maximum absolute atomic E-state index is 12.3. The van der Waals surface area contributed by atoms with Crippen LogP contribution in [0.2, 0.25) is 0 Å². The largest absolute Gasteiger partial charge is 0.397 e. The van der Waals surface area contributed by atoms with Crippen LogP contribution in [0.3, 0.4) is 0 Å². The van der Waals surface area contributed by atoms with Crippen molar-refractivity contribution >= 4 is 55.5 Å². The molecule has 2 aromatic heterocycles. The number of carbonyl (C=O) groups excluding carboxylic acids is 1. The third kappa shape index (κ3) is 2.64. The summed E-state index contributed by atoms with van der Waals surface area (Å²) in [6.07, 6.45) is 1.68. The van der Waals surface area contributed by atoms with Crippen LogP contribution in [0.4, 0.5) is 11.4 Å². The molecule has 0 unspecified atom stereocenters. The number of nitrogens with one attached hydrogen (secondary N) is 1. The van der Waals surface area contributed by atoms with Crippen molar-refractivity contribution in [2.45, 2.75) is 6.92 Å². The smallest absolute Gasteiger partial charge is 0.265 e. The Morgan fingerprint density at radius 1 is 1.38 bits per heavy atom. The molecule has 6 heteroatoms. The van der Waals surface area contributed by atoms with E-state index in [-0.39, 0.29) is 5.91 Å². The molecular formula is C15H12BrN3OS. The summed E-state index contributed by atoms with van der Waals surface area (Å²) in [6.45, 7) is 1.96. The van der Waals surface area contributed by atoms with Gasteiger partial charge in [0.1, 0.15) is 0 Å². The van der Waals surface area contributed by atoms with E-state index in [0.717, 1.165) is 14.7 Å². The SMILES string of the molecule is Cc1cc(C(=O)Nc2ccc(N)c3ncccc23)sc1Br. The van der Waals surface area contributed by atoms with E-state index in [4.69, 9.17) is 5.73 Å². The molecule has 3 aromatic rings. The molecule has 0 saturated carbocycles. The number of halogens is 1. The van der Waals surface area contributed by atoms with Crippen LogP contribution in [0.15, 0.2) is 40.3 Å². The number of benzene rings is 1. The molecule has 0 aliphatic heterocycles. The number of hydrogen-bond donors (Lipinski definition) is 2. The minimum Gasteiger partial charge on any atom is -0.397 e. The lowest BCUT2D eigenvalue weighted by molar-refractivity contribution is 0.103. The van der Waals surface area contributed by atoms with Crippen LogP contribution in [-0.4, -0.2) is 10.9 Å². The van der Waals surface area contributed by atoms with Crippen molar-refractivity contribution in [3.8, 4) is 0 Å². The molecular weight excluding hydrogens is 350 g/mol. The minimum atomic E-state index is -0.135. The second kappa shape index (κ2) is 5.46. The average molecular weight is 362 g/mol. The number of nitrogens with zero attached hydrogens (tertiary/aromatic N) is 1. The van der Waals surface area contributed by atoms with Crippen LogP contribution in [0, 0.1) is 6.92 Å².